The normalized spacial score (nSPS) is 14.2. The van der Waals surface area contributed by atoms with Crippen molar-refractivity contribution in [3.05, 3.63) is 71.8 Å². The Labute approximate surface area is 102 Å². The van der Waals surface area contributed by atoms with E-state index in [2.05, 4.69) is 29.6 Å². The Kier molecular flexibility index (Phi) is 3.91. The molecule has 0 aliphatic rings. The van der Waals surface area contributed by atoms with Gasteiger partial charge in [0.1, 0.15) is 0 Å². The van der Waals surface area contributed by atoms with Crippen molar-refractivity contribution >= 4 is 0 Å². The maximum atomic E-state index is 6.32. The van der Waals surface area contributed by atoms with Crippen LogP contribution < -0.4 is 11.1 Å². The fourth-order valence-electron chi connectivity index (χ4n) is 2.08. The van der Waals surface area contributed by atoms with Crippen LogP contribution in [0.5, 0.6) is 0 Å². The van der Waals surface area contributed by atoms with E-state index in [-0.39, 0.29) is 12.1 Å². The van der Waals surface area contributed by atoms with Crippen molar-refractivity contribution < 1.29 is 0 Å². The van der Waals surface area contributed by atoms with E-state index in [1.54, 1.807) is 0 Å². The Bertz CT molecular complexity index is 439. The molecular formula is C15H18N2. The third kappa shape index (κ3) is 2.73. The zero-order chi connectivity index (χ0) is 12.1. The molecule has 2 aromatic rings. The Balaban J connectivity index is 2.25. The lowest BCUT2D eigenvalue weighted by Crippen LogP contribution is -2.29. The van der Waals surface area contributed by atoms with E-state index in [9.17, 15) is 0 Å². The van der Waals surface area contributed by atoms with E-state index < -0.39 is 0 Å². The molecule has 2 rings (SSSR count). The molecule has 0 heterocycles. The third-order valence-electron chi connectivity index (χ3n) is 3.01. The monoisotopic (exact) mass is 226 g/mol. The highest BCUT2D eigenvalue weighted by Gasteiger charge is 2.18. The van der Waals surface area contributed by atoms with Crippen LogP contribution in [0.25, 0.3) is 0 Å². The van der Waals surface area contributed by atoms with E-state index >= 15 is 0 Å². The largest absolute Gasteiger partial charge is 0.322 e. The molecule has 0 bridgehead atoms. The van der Waals surface area contributed by atoms with E-state index in [0.717, 1.165) is 5.56 Å². The van der Waals surface area contributed by atoms with Crippen molar-refractivity contribution in [3.63, 3.8) is 0 Å². The third-order valence-corrected chi connectivity index (χ3v) is 3.01. The second-order valence-electron chi connectivity index (χ2n) is 4.11. The molecule has 0 radical (unpaired) electrons. The van der Waals surface area contributed by atoms with Crippen molar-refractivity contribution in [2.24, 2.45) is 5.73 Å². The summed E-state index contributed by atoms with van der Waals surface area (Å²) in [6.07, 6.45) is 0. The first kappa shape index (κ1) is 11.8. The first-order chi connectivity index (χ1) is 8.33. The molecule has 0 saturated carbocycles. The first-order valence-electron chi connectivity index (χ1n) is 5.85. The molecule has 2 aromatic carbocycles. The highest BCUT2D eigenvalue weighted by Crippen LogP contribution is 2.25. The van der Waals surface area contributed by atoms with Crippen molar-refractivity contribution in [2.45, 2.75) is 12.1 Å². The van der Waals surface area contributed by atoms with Crippen molar-refractivity contribution in [3.8, 4) is 0 Å². The van der Waals surface area contributed by atoms with Crippen LogP contribution in [0.15, 0.2) is 60.7 Å². The quantitative estimate of drug-likeness (QED) is 0.841. The lowest BCUT2D eigenvalue weighted by Gasteiger charge is -2.24. The highest BCUT2D eigenvalue weighted by molar-refractivity contribution is 5.27. The second-order valence-corrected chi connectivity index (χ2v) is 4.11. The minimum absolute atomic E-state index is 0.0383. The average molecular weight is 226 g/mol. The summed E-state index contributed by atoms with van der Waals surface area (Å²) in [6.45, 7) is 0. The fraction of sp³-hybridized carbons (Fsp3) is 0.200. The van der Waals surface area contributed by atoms with Crippen LogP contribution in [0, 0.1) is 0 Å². The van der Waals surface area contributed by atoms with Gasteiger partial charge in [-0.15, -0.1) is 0 Å². The summed E-state index contributed by atoms with van der Waals surface area (Å²) in [5, 5.41) is 3.29. The summed E-state index contributed by atoms with van der Waals surface area (Å²) in [5.41, 5.74) is 8.68. The van der Waals surface area contributed by atoms with Gasteiger partial charge in [0.15, 0.2) is 0 Å². The summed E-state index contributed by atoms with van der Waals surface area (Å²) >= 11 is 0. The van der Waals surface area contributed by atoms with Gasteiger partial charge in [-0.05, 0) is 18.2 Å². The summed E-state index contributed by atoms with van der Waals surface area (Å²) in [6, 6.07) is 20.6. The van der Waals surface area contributed by atoms with E-state index in [1.165, 1.54) is 5.56 Å². The molecule has 0 fully saturated rings. The maximum Gasteiger partial charge on any atom is 0.0513 e. The van der Waals surface area contributed by atoms with E-state index in [0.29, 0.717) is 0 Å². The van der Waals surface area contributed by atoms with Gasteiger partial charge in [0.25, 0.3) is 0 Å². The maximum absolute atomic E-state index is 6.32. The Morgan fingerprint density at radius 3 is 1.76 bits per heavy atom. The number of hydrogen-bond acceptors (Lipinski definition) is 2. The smallest absolute Gasteiger partial charge is 0.0513 e. The first-order valence-corrected chi connectivity index (χ1v) is 5.85. The van der Waals surface area contributed by atoms with Gasteiger partial charge in [0.05, 0.1) is 6.04 Å². The number of benzene rings is 2. The number of hydrogen-bond donors (Lipinski definition) is 2. The molecule has 0 amide bonds. The van der Waals surface area contributed by atoms with E-state index in [4.69, 9.17) is 5.73 Å². The molecule has 0 aliphatic heterocycles. The summed E-state index contributed by atoms with van der Waals surface area (Å²) in [7, 11) is 1.94. The predicted octanol–water partition coefficient (Wildman–Crippen LogP) is 2.65. The zero-order valence-electron chi connectivity index (χ0n) is 10.0. The minimum atomic E-state index is -0.0383. The van der Waals surface area contributed by atoms with Crippen LogP contribution in [0.2, 0.25) is 0 Å². The SMILES string of the molecule is CN[C@H](c1ccccc1)[C@H](N)c1ccccc1. The van der Waals surface area contributed by atoms with Gasteiger partial charge in [0, 0.05) is 6.04 Å². The predicted molar refractivity (Wildman–Crippen MR) is 71.6 cm³/mol. The Hall–Kier alpha value is -1.64. The molecule has 0 unspecified atom stereocenters. The lowest BCUT2D eigenvalue weighted by molar-refractivity contribution is 0.491. The second kappa shape index (κ2) is 5.62. The topological polar surface area (TPSA) is 38.0 Å². The van der Waals surface area contributed by atoms with Gasteiger partial charge < -0.3 is 11.1 Å². The van der Waals surface area contributed by atoms with Gasteiger partial charge >= 0.3 is 0 Å². The molecule has 2 heteroatoms. The zero-order valence-corrected chi connectivity index (χ0v) is 10.0. The van der Waals surface area contributed by atoms with Crippen LogP contribution in [-0.4, -0.2) is 7.05 Å². The molecule has 17 heavy (non-hydrogen) atoms. The molecule has 3 N–H and O–H groups in total. The van der Waals surface area contributed by atoms with Crippen molar-refractivity contribution in [2.75, 3.05) is 7.05 Å². The minimum Gasteiger partial charge on any atom is -0.322 e. The van der Waals surface area contributed by atoms with Gasteiger partial charge in [-0.2, -0.15) is 0 Å². The average Bonchev–Trinajstić information content (AvgIpc) is 2.42. The summed E-state index contributed by atoms with van der Waals surface area (Å²) in [4.78, 5) is 0. The Morgan fingerprint density at radius 1 is 0.824 bits per heavy atom. The van der Waals surface area contributed by atoms with Crippen LogP contribution in [0.1, 0.15) is 23.2 Å². The number of nitrogens with one attached hydrogen (secondary N) is 1. The van der Waals surface area contributed by atoms with E-state index in [1.807, 2.05) is 43.4 Å². The standard InChI is InChI=1S/C15H18N2/c1-17-15(13-10-6-3-7-11-13)14(16)12-8-4-2-5-9-12/h2-11,14-15,17H,16H2,1H3/t14-,15-/m1/s1. The van der Waals surface area contributed by atoms with Crippen LogP contribution >= 0.6 is 0 Å². The highest BCUT2D eigenvalue weighted by atomic mass is 14.9. The van der Waals surface area contributed by atoms with Crippen LogP contribution in [0.4, 0.5) is 0 Å². The van der Waals surface area contributed by atoms with Crippen molar-refractivity contribution in [1.82, 2.24) is 5.32 Å². The fourth-order valence-corrected chi connectivity index (χ4v) is 2.08. The molecule has 0 spiro atoms. The van der Waals surface area contributed by atoms with Crippen LogP contribution in [0.3, 0.4) is 0 Å². The van der Waals surface area contributed by atoms with Crippen LogP contribution in [-0.2, 0) is 0 Å². The van der Waals surface area contributed by atoms with Crippen molar-refractivity contribution in [1.29, 1.82) is 0 Å². The number of rotatable bonds is 4. The van der Waals surface area contributed by atoms with Gasteiger partial charge in [-0.25, -0.2) is 0 Å². The molecule has 0 saturated heterocycles. The molecule has 2 nitrogen and oxygen atoms in total. The summed E-state index contributed by atoms with van der Waals surface area (Å²) in [5.74, 6) is 0. The Morgan fingerprint density at radius 2 is 1.29 bits per heavy atom. The lowest BCUT2D eigenvalue weighted by atomic mass is 9.94. The molecule has 88 valence electrons. The molecule has 2 atom stereocenters. The number of likely N-dealkylation sites (N-methyl/N-ethyl adjacent to an activating group) is 1. The molecule has 0 aliphatic carbocycles. The van der Waals surface area contributed by atoms with Gasteiger partial charge in [0.2, 0.25) is 0 Å². The summed E-state index contributed by atoms with van der Waals surface area (Å²) < 4.78 is 0. The van der Waals surface area contributed by atoms with Gasteiger partial charge in [-0.1, -0.05) is 60.7 Å². The number of nitrogens with two attached hydrogens (primary N) is 1. The molecular weight excluding hydrogens is 208 g/mol. The van der Waals surface area contributed by atoms with Gasteiger partial charge in [-0.3, -0.25) is 0 Å². The molecule has 0 aromatic heterocycles.